The Balaban J connectivity index is 2.07. The minimum atomic E-state index is 0.0337. The lowest BCUT2D eigenvalue weighted by Gasteiger charge is -2.39. The van der Waals surface area contributed by atoms with Crippen LogP contribution in [0.1, 0.15) is 43.1 Å². The molecule has 2 aromatic rings. The van der Waals surface area contributed by atoms with Gasteiger partial charge in [-0.1, -0.05) is 38.1 Å². The van der Waals surface area contributed by atoms with Crippen molar-refractivity contribution >= 4 is 5.91 Å². The smallest absolute Gasteiger partial charge is 0.226 e. The minimum absolute atomic E-state index is 0.0337. The first-order valence-electron chi connectivity index (χ1n) is 8.14. The number of benzene rings is 1. The molecular formula is C19H24N2O. The van der Waals surface area contributed by atoms with Crippen molar-refractivity contribution in [2.24, 2.45) is 5.92 Å². The fourth-order valence-electron chi connectivity index (χ4n) is 3.30. The summed E-state index contributed by atoms with van der Waals surface area (Å²) in [5.41, 5.74) is 3.69. The predicted molar refractivity (Wildman–Crippen MR) is 88.6 cm³/mol. The van der Waals surface area contributed by atoms with Gasteiger partial charge < -0.3 is 9.47 Å². The van der Waals surface area contributed by atoms with Crippen LogP contribution in [0.2, 0.25) is 0 Å². The summed E-state index contributed by atoms with van der Waals surface area (Å²) in [6.45, 7) is 7.91. The molecule has 3 rings (SSSR count). The molecule has 0 N–H and O–H groups in total. The molecule has 116 valence electrons. The topological polar surface area (TPSA) is 25.2 Å². The molecule has 0 aliphatic carbocycles. The summed E-state index contributed by atoms with van der Waals surface area (Å²) in [4.78, 5) is 14.9. The lowest BCUT2D eigenvalue weighted by molar-refractivity contribution is -0.137. The van der Waals surface area contributed by atoms with Crippen molar-refractivity contribution < 1.29 is 4.79 Å². The molecule has 3 nitrogen and oxygen atoms in total. The molecule has 1 aliphatic rings. The zero-order chi connectivity index (χ0) is 15.7. The van der Waals surface area contributed by atoms with E-state index in [0.29, 0.717) is 0 Å². The first kappa shape index (κ1) is 14.9. The van der Waals surface area contributed by atoms with Crippen LogP contribution in [0.4, 0.5) is 0 Å². The molecule has 3 heteroatoms. The van der Waals surface area contributed by atoms with Gasteiger partial charge in [-0.2, -0.15) is 0 Å². The summed E-state index contributed by atoms with van der Waals surface area (Å²) in [6, 6.07) is 12.7. The molecule has 2 heterocycles. The molecule has 0 saturated carbocycles. The van der Waals surface area contributed by atoms with Crippen molar-refractivity contribution in [1.29, 1.82) is 0 Å². The van der Waals surface area contributed by atoms with Gasteiger partial charge in [-0.3, -0.25) is 4.79 Å². The fraction of sp³-hybridized carbons (Fsp3) is 0.421. The largest absolute Gasteiger partial charge is 0.348 e. The summed E-state index contributed by atoms with van der Waals surface area (Å²) in [5, 5.41) is 0. The maximum absolute atomic E-state index is 12.9. The standard InChI is InChI=1S/C19H24N2O/c1-4-14(2)19(22)21-13-12-20-11-7-10-17(20)18(21)16-9-6-5-8-15(16)3/h5-11,14,18H,4,12-13H2,1-3H3. The molecule has 0 bridgehead atoms. The zero-order valence-corrected chi connectivity index (χ0v) is 13.6. The van der Waals surface area contributed by atoms with E-state index in [1.165, 1.54) is 16.8 Å². The number of carbonyl (C=O) groups excluding carboxylic acids is 1. The van der Waals surface area contributed by atoms with E-state index in [9.17, 15) is 4.79 Å². The van der Waals surface area contributed by atoms with Crippen LogP contribution in [0.15, 0.2) is 42.6 Å². The number of fused-ring (bicyclic) bond motifs is 1. The summed E-state index contributed by atoms with van der Waals surface area (Å²) in [6.07, 6.45) is 3.00. The van der Waals surface area contributed by atoms with Gasteiger partial charge in [0.1, 0.15) is 0 Å². The molecule has 0 fully saturated rings. The highest BCUT2D eigenvalue weighted by Gasteiger charge is 2.34. The predicted octanol–water partition coefficient (Wildman–Crippen LogP) is 3.77. The van der Waals surface area contributed by atoms with Gasteiger partial charge in [0, 0.05) is 30.9 Å². The highest BCUT2D eigenvalue weighted by Crippen LogP contribution is 2.35. The second-order valence-corrected chi connectivity index (χ2v) is 6.23. The number of aromatic nitrogens is 1. The highest BCUT2D eigenvalue weighted by molar-refractivity contribution is 5.79. The molecule has 1 aromatic heterocycles. The second kappa shape index (κ2) is 5.99. The van der Waals surface area contributed by atoms with Crippen molar-refractivity contribution in [3.63, 3.8) is 0 Å². The zero-order valence-electron chi connectivity index (χ0n) is 13.6. The molecule has 1 aromatic carbocycles. The molecule has 0 radical (unpaired) electrons. The first-order chi connectivity index (χ1) is 10.6. The van der Waals surface area contributed by atoms with Crippen LogP contribution in [0.5, 0.6) is 0 Å². The molecule has 0 spiro atoms. The van der Waals surface area contributed by atoms with Crippen molar-refractivity contribution in [3.05, 3.63) is 59.4 Å². The van der Waals surface area contributed by atoms with E-state index in [-0.39, 0.29) is 17.9 Å². The van der Waals surface area contributed by atoms with Crippen molar-refractivity contribution in [1.82, 2.24) is 9.47 Å². The van der Waals surface area contributed by atoms with Gasteiger partial charge in [-0.25, -0.2) is 0 Å². The van der Waals surface area contributed by atoms with Crippen molar-refractivity contribution in [3.8, 4) is 0 Å². The Labute approximate surface area is 132 Å². The molecule has 1 aliphatic heterocycles. The number of aryl methyl sites for hydroxylation is 1. The summed E-state index contributed by atoms with van der Waals surface area (Å²) in [7, 11) is 0. The van der Waals surface area contributed by atoms with E-state index < -0.39 is 0 Å². The van der Waals surface area contributed by atoms with Crippen LogP contribution in [-0.4, -0.2) is 21.9 Å². The molecule has 1 amide bonds. The van der Waals surface area contributed by atoms with E-state index in [2.05, 4.69) is 65.9 Å². The van der Waals surface area contributed by atoms with E-state index in [1.54, 1.807) is 0 Å². The van der Waals surface area contributed by atoms with E-state index in [0.717, 1.165) is 19.5 Å². The van der Waals surface area contributed by atoms with Crippen LogP contribution < -0.4 is 0 Å². The Bertz CT molecular complexity index is 674. The average molecular weight is 296 g/mol. The quantitative estimate of drug-likeness (QED) is 0.846. The highest BCUT2D eigenvalue weighted by atomic mass is 16.2. The summed E-state index contributed by atoms with van der Waals surface area (Å²) in [5.74, 6) is 0.344. The third-order valence-electron chi connectivity index (χ3n) is 4.84. The average Bonchev–Trinajstić information content (AvgIpc) is 3.01. The van der Waals surface area contributed by atoms with Crippen LogP contribution in [0, 0.1) is 12.8 Å². The normalized spacial score (nSPS) is 18.9. The van der Waals surface area contributed by atoms with Crippen LogP contribution in [0.25, 0.3) is 0 Å². The number of amides is 1. The Morgan fingerprint density at radius 1 is 1.23 bits per heavy atom. The number of hydrogen-bond donors (Lipinski definition) is 0. The van der Waals surface area contributed by atoms with Gasteiger partial charge in [0.2, 0.25) is 5.91 Å². The monoisotopic (exact) mass is 296 g/mol. The van der Waals surface area contributed by atoms with Gasteiger partial charge in [-0.05, 0) is 36.6 Å². The number of carbonyl (C=O) groups is 1. The number of nitrogens with zero attached hydrogens (tertiary/aromatic N) is 2. The fourth-order valence-corrected chi connectivity index (χ4v) is 3.30. The van der Waals surface area contributed by atoms with Gasteiger partial charge in [0.15, 0.2) is 0 Å². The maximum atomic E-state index is 12.9. The number of rotatable bonds is 3. The van der Waals surface area contributed by atoms with Gasteiger partial charge in [0.05, 0.1) is 6.04 Å². The maximum Gasteiger partial charge on any atom is 0.226 e. The SMILES string of the molecule is CCC(C)C(=O)N1CCn2cccc2C1c1ccccc1C. The van der Waals surface area contributed by atoms with Gasteiger partial charge >= 0.3 is 0 Å². The van der Waals surface area contributed by atoms with Crippen LogP contribution >= 0.6 is 0 Å². The van der Waals surface area contributed by atoms with Crippen LogP contribution in [-0.2, 0) is 11.3 Å². The lowest BCUT2D eigenvalue weighted by Crippen LogP contribution is -2.44. The van der Waals surface area contributed by atoms with Crippen LogP contribution in [0.3, 0.4) is 0 Å². The summed E-state index contributed by atoms with van der Waals surface area (Å²) >= 11 is 0. The number of hydrogen-bond acceptors (Lipinski definition) is 1. The van der Waals surface area contributed by atoms with E-state index in [1.807, 2.05) is 6.92 Å². The third kappa shape index (κ3) is 2.45. The molecule has 22 heavy (non-hydrogen) atoms. The first-order valence-corrected chi connectivity index (χ1v) is 8.14. The lowest BCUT2D eigenvalue weighted by atomic mass is 9.94. The minimum Gasteiger partial charge on any atom is -0.348 e. The van der Waals surface area contributed by atoms with E-state index in [4.69, 9.17) is 0 Å². The van der Waals surface area contributed by atoms with Crippen molar-refractivity contribution in [2.75, 3.05) is 6.54 Å². The molecule has 2 atom stereocenters. The third-order valence-corrected chi connectivity index (χ3v) is 4.84. The Kier molecular flexibility index (Phi) is 4.06. The molecular weight excluding hydrogens is 272 g/mol. The Morgan fingerprint density at radius 2 is 2.00 bits per heavy atom. The molecule has 0 saturated heterocycles. The summed E-state index contributed by atoms with van der Waals surface area (Å²) < 4.78 is 2.28. The van der Waals surface area contributed by atoms with Gasteiger partial charge in [0.25, 0.3) is 0 Å². The van der Waals surface area contributed by atoms with Crippen molar-refractivity contribution in [2.45, 2.75) is 39.8 Å². The Morgan fingerprint density at radius 3 is 2.73 bits per heavy atom. The second-order valence-electron chi connectivity index (χ2n) is 6.23. The Hall–Kier alpha value is -2.03. The van der Waals surface area contributed by atoms with E-state index >= 15 is 0 Å². The van der Waals surface area contributed by atoms with Gasteiger partial charge in [-0.15, -0.1) is 0 Å². The molecule has 2 unspecified atom stereocenters.